The lowest BCUT2D eigenvalue weighted by Gasteiger charge is -2.10. The maximum absolute atomic E-state index is 5.83. The third kappa shape index (κ3) is 5.59. The van der Waals surface area contributed by atoms with Crippen LogP contribution in [0.25, 0.3) is 0 Å². The lowest BCUT2D eigenvalue weighted by Crippen LogP contribution is -2.37. The van der Waals surface area contributed by atoms with Crippen LogP contribution in [-0.2, 0) is 6.54 Å². The zero-order valence-corrected chi connectivity index (χ0v) is 11.2. The highest BCUT2D eigenvalue weighted by Crippen LogP contribution is 2.09. The van der Waals surface area contributed by atoms with E-state index in [4.69, 9.17) is 11.6 Å². The van der Waals surface area contributed by atoms with Crippen molar-refractivity contribution in [3.05, 3.63) is 34.9 Å². The van der Waals surface area contributed by atoms with Crippen LogP contribution in [0.3, 0.4) is 0 Å². The maximum atomic E-state index is 5.83. The van der Waals surface area contributed by atoms with E-state index in [1.165, 1.54) is 0 Å². The summed E-state index contributed by atoms with van der Waals surface area (Å²) in [6, 6.07) is 7.77. The molecule has 0 radical (unpaired) electrons. The van der Waals surface area contributed by atoms with Crippen LogP contribution in [0, 0.1) is 0 Å². The molecular weight excluding hydrogens is 234 g/mol. The number of nitrogens with zero attached hydrogens (tertiary/aromatic N) is 1. The van der Waals surface area contributed by atoms with E-state index < -0.39 is 0 Å². The van der Waals surface area contributed by atoms with E-state index in [-0.39, 0.29) is 0 Å². The summed E-state index contributed by atoms with van der Waals surface area (Å²) in [5.74, 6) is 0.865. The molecule has 1 rings (SSSR count). The average molecular weight is 254 g/mol. The van der Waals surface area contributed by atoms with Gasteiger partial charge in [-0.3, -0.25) is 0 Å². The Balaban J connectivity index is 2.55. The Morgan fingerprint density at radius 1 is 1.18 bits per heavy atom. The minimum absolute atomic E-state index is 0.663. The first-order valence-electron chi connectivity index (χ1n) is 6.03. The van der Waals surface area contributed by atoms with Crippen molar-refractivity contribution < 1.29 is 0 Å². The number of rotatable bonds is 5. The Kier molecular flexibility index (Phi) is 6.48. The van der Waals surface area contributed by atoms with Gasteiger partial charge >= 0.3 is 0 Å². The number of nitrogens with one attached hydrogen (secondary N) is 2. The van der Waals surface area contributed by atoms with Gasteiger partial charge in [-0.2, -0.15) is 0 Å². The van der Waals surface area contributed by atoms with Crippen LogP contribution >= 0.6 is 11.6 Å². The van der Waals surface area contributed by atoms with Gasteiger partial charge in [0.25, 0.3) is 0 Å². The molecule has 0 aliphatic carbocycles. The van der Waals surface area contributed by atoms with Crippen LogP contribution < -0.4 is 10.6 Å². The smallest absolute Gasteiger partial charge is 0.191 e. The molecule has 1 aromatic carbocycles. The number of guanidine groups is 1. The molecule has 0 saturated carbocycles. The van der Waals surface area contributed by atoms with E-state index >= 15 is 0 Å². The largest absolute Gasteiger partial charge is 0.357 e. The summed E-state index contributed by atoms with van der Waals surface area (Å²) >= 11 is 5.83. The highest BCUT2D eigenvalue weighted by atomic mass is 35.5. The Morgan fingerprint density at radius 3 is 2.47 bits per heavy atom. The fraction of sp³-hybridized carbons (Fsp3) is 0.462. The monoisotopic (exact) mass is 253 g/mol. The van der Waals surface area contributed by atoms with Gasteiger partial charge in [0.15, 0.2) is 5.96 Å². The van der Waals surface area contributed by atoms with Gasteiger partial charge in [-0.15, -0.1) is 0 Å². The first kappa shape index (κ1) is 13.8. The molecule has 0 atom stereocenters. The van der Waals surface area contributed by atoms with Gasteiger partial charge in [0.05, 0.1) is 6.54 Å². The molecule has 0 bridgehead atoms. The number of aliphatic imine (C=N–C) groups is 1. The predicted molar refractivity (Wildman–Crippen MR) is 74.6 cm³/mol. The van der Waals surface area contributed by atoms with Crippen LogP contribution in [-0.4, -0.2) is 19.0 Å². The van der Waals surface area contributed by atoms with Crippen molar-refractivity contribution in [2.75, 3.05) is 13.1 Å². The molecule has 0 amide bonds. The Morgan fingerprint density at radius 2 is 1.88 bits per heavy atom. The molecule has 0 saturated heterocycles. The first-order chi connectivity index (χ1) is 8.26. The van der Waals surface area contributed by atoms with E-state index in [9.17, 15) is 0 Å². The minimum Gasteiger partial charge on any atom is -0.357 e. The minimum atomic E-state index is 0.663. The fourth-order valence-electron chi connectivity index (χ4n) is 1.35. The first-order valence-corrected chi connectivity index (χ1v) is 6.40. The molecule has 2 N–H and O–H groups in total. The molecule has 3 nitrogen and oxygen atoms in total. The normalized spacial score (nSPS) is 11.4. The summed E-state index contributed by atoms with van der Waals surface area (Å²) in [6.07, 6.45) is 1.09. The third-order valence-electron chi connectivity index (χ3n) is 2.22. The molecule has 0 fully saturated rings. The standard InChI is InChI=1S/C13H20ClN3/c1-3-9-16-13(15-4-2)17-10-11-5-7-12(14)8-6-11/h5-8H,3-4,9-10H2,1-2H3,(H2,15,16,17). The lowest BCUT2D eigenvalue weighted by atomic mass is 10.2. The molecule has 0 aromatic heterocycles. The Labute approximate surface area is 108 Å². The van der Waals surface area contributed by atoms with Crippen LogP contribution in [0.5, 0.6) is 0 Å². The van der Waals surface area contributed by atoms with Gasteiger partial charge in [-0.05, 0) is 31.0 Å². The summed E-state index contributed by atoms with van der Waals surface area (Å²) in [5.41, 5.74) is 1.16. The summed E-state index contributed by atoms with van der Waals surface area (Å²) < 4.78 is 0. The zero-order chi connectivity index (χ0) is 12.5. The van der Waals surface area contributed by atoms with E-state index in [0.29, 0.717) is 6.54 Å². The van der Waals surface area contributed by atoms with Gasteiger partial charge in [0, 0.05) is 18.1 Å². The van der Waals surface area contributed by atoms with E-state index in [1.54, 1.807) is 0 Å². The van der Waals surface area contributed by atoms with E-state index in [2.05, 4.69) is 29.5 Å². The van der Waals surface area contributed by atoms with Crippen molar-refractivity contribution in [1.82, 2.24) is 10.6 Å². The Bertz CT molecular complexity index is 346. The van der Waals surface area contributed by atoms with Gasteiger partial charge < -0.3 is 10.6 Å². The van der Waals surface area contributed by atoms with Gasteiger partial charge in [0.2, 0.25) is 0 Å². The topological polar surface area (TPSA) is 36.4 Å². The average Bonchev–Trinajstić information content (AvgIpc) is 2.35. The van der Waals surface area contributed by atoms with E-state index in [0.717, 1.165) is 36.1 Å². The molecule has 1 aromatic rings. The fourth-order valence-corrected chi connectivity index (χ4v) is 1.47. The predicted octanol–water partition coefficient (Wildman–Crippen LogP) is 2.81. The summed E-state index contributed by atoms with van der Waals surface area (Å²) in [4.78, 5) is 4.50. The zero-order valence-electron chi connectivity index (χ0n) is 10.5. The molecule has 0 heterocycles. The van der Waals surface area contributed by atoms with Gasteiger partial charge in [-0.25, -0.2) is 4.99 Å². The van der Waals surface area contributed by atoms with Crippen molar-refractivity contribution >= 4 is 17.6 Å². The summed E-state index contributed by atoms with van der Waals surface area (Å²) in [5, 5.41) is 7.23. The molecule has 0 unspecified atom stereocenters. The highest BCUT2D eigenvalue weighted by Gasteiger charge is 1.96. The second-order valence-electron chi connectivity index (χ2n) is 3.75. The number of halogens is 1. The SMILES string of the molecule is CCCNC(=NCc1ccc(Cl)cc1)NCC. The van der Waals surface area contributed by atoms with Gasteiger partial charge in [0.1, 0.15) is 0 Å². The number of hydrogen-bond donors (Lipinski definition) is 2. The number of benzene rings is 1. The Hall–Kier alpha value is -1.22. The molecule has 0 aliphatic heterocycles. The van der Waals surface area contributed by atoms with Crippen LogP contribution in [0.2, 0.25) is 5.02 Å². The second kappa shape index (κ2) is 7.96. The van der Waals surface area contributed by atoms with Crippen LogP contribution in [0.15, 0.2) is 29.3 Å². The molecule has 0 aliphatic rings. The molecular formula is C13H20ClN3. The summed E-state index contributed by atoms with van der Waals surface area (Å²) in [7, 11) is 0. The summed E-state index contributed by atoms with van der Waals surface area (Å²) in [6.45, 7) is 6.67. The molecule has 4 heteroatoms. The lowest BCUT2D eigenvalue weighted by molar-refractivity contribution is 0.785. The highest BCUT2D eigenvalue weighted by molar-refractivity contribution is 6.30. The molecule has 17 heavy (non-hydrogen) atoms. The number of hydrogen-bond acceptors (Lipinski definition) is 1. The molecule has 94 valence electrons. The van der Waals surface area contributed by atoms with Gasteiger partial charge in [-0.1, -0.05) is 30.7 Å². The molecule has 0 spiro atoms. The van der Waals surface area contributed by atoms with Crippen LogP contribution in [0.1, 0.15) is 25.8 Å². The third-order valence-corrected chi connectivity index (χ3v) is 2.47. The van der Waals surface area contributed by atoms with Crippen molar-refractivity contribution in [3.8, 4) is 0 Å². The van der Waals surface area contributed by atoms with E-state index in [1.807, 2.05) is 24.3 Å². The maximum Gasteiger partial charge on any atom is 0.191 e. The van der Waals surface area contributed by atoms with Crippen molar-refractivity contribution in [2.24, 2.45) is 4.99 Å². The van der Waals surface area contributed by atoms with Crippen molar-refractivity contribution in [3.63, 3.8) is 0 Å². The second-order valence-corrected chi connectivity index (χ2v) is 4.18. The van der Waals surface area contributed by atoms with Crippen LogP contribution in [0.4, 0.5) is 0 Å². The van der Waals surface area contributed by atoms with Crippen molar-refractivity contribution in [2.45, 2.75) is 26.8 Å². The quantitative estimate of drug-likeness (QED) is 0.625. The van der Waals surface area contributed by atoms with Crippen molar-refractivity contribution in [1.29, 1.82) is 0 Å².